The van der Waals surface area contributed by atoms with Crippen molar-refractivity contribution in [3.05, 3.63) is 0 Å². The van der Waals surface area contributed by atoms with Crippen LogP contribution in [0.25, 0.3) is 0 Å². The van der Waals surface area contributed by atoms with Crippen molar-refractivity contribution in [1.29, 1.82) is 0 Å². The maximum Gasteiger partial charge on any atom is 0.151 e. The fourth-order valence-electron chi connectivity index (χ4n) is 0.870. The van der Waals surface area contributed by atoms with Crippen LogP contribution in [0.15, 0.2) is 0 Å². The van der Waals surface area contributed by atoms with Crippen LogP contribution in [-0.4, -0.2) is 40.3 Å². The highest BCUT2D eigenvalue weighted by atomic mass is 32.2. The molecule has 80 valence electrons. The third kappa shape index (κ3) is 8.24. The molecule has 0 amide bonds. The van der Waals surface area contributed by atoms with Gasteiger partial charge >= 0.3 is 0 Å². The minimum Gasteiger partial charge on any atom is -0.229 e. The zero-order valence-corrected chi connectivity index (χ0v) is 9.78. The molecule has 0 saturated carbocycles. The van der Waals surface area contributed by atoms with E-state index in [4.69, 9.17) is 0 Å². The number of rotatable bonds is 5. The van der Waals surface area contributed by atoms with Crippen molar-refractivity contribution in [2.45, 2.75) is 13.8 Å². The average molecular weight is 228 g/mol. The molecular formula is C7H16O4S2. The van der Waals surface area contributed by atoms with Crippen LogP contribution in [0.3, 0.4) is 0 Å². The molecule has 0 aromatic carbocycles. The molecule has 0 saturated heterocycles. The third-order valence-corrected chi connectivity index (χ3v) is 4.56. The Morgan fingerprint density at radius 1 is 1.00 bits per heavy atom. The van der Waals surface area contributed by atoms with Gasteiger partial charge in [0.05, 0.1) is 17.3 Å². The molecule has 6 heteroatoms. The monoisotopic (exact) mass is 228 g/mol. The molecule has 0 aliphatic carbocycles. The first-order valence-electron chi connectivity index (χ1n) is 4.00. The van der Waals surface area contributed by atoms with Crippen LogP contribution in [0.5, 0.6) is 0 Å². The van der Waals surface area contributed by atoms with Crippen molar-refractivity contribution < 1.29 is 16.8 Å². The van der Waals surface area contributed by atoms with Gasteiger partial charge < -0.3 is 0 Å². The van der Waals surface area contributed by atoms with E-state index in [0.717, 1.165) is 6.26 Å². The van der Waals surface area contributed by atoms with Gasteiger partial charge in [0.1, 0.15) is 9.84 Å². The Morgan fingerprint density at radius 2 is 1.46 bits per heavy atom. The highest BCUT2D eigenvalue weighted by Crippen LogP contribution is 2.01. The van der Waals surface area contributed by atoms with Crippen molar-refractivity contribution in [1.82, 2.24) is 0 Å². The first-order chi connectivity index (χ1) is 5.62. The lowest BCUT2D eigenvalue weighted by atomic mass is 10.3. The average Bonchev–Trinajstić information content (AvgIpc) is 1.79. The number of hydrogen-bond acceptors (Lipinski definition) is 4. The highest BCUT2D eigenvalue weighted by molar-refractivity contribution is 7.94. The summed E-state index contributed by atoms with van der Waals surface area (Å²) in [7, 11) is -6.37. The molecule has 0 aliphatic rings. The van der Waals surface area contributed by atoms with Crippen molar-refractivity contribution in [3.8, 4) is 0 Å². The molecule has 0 aromatic heterocycles. The normalized spacial score (nSPS) is 13.5. The molecule has 0 N–H and O–H groups in total. The molecule has 0 rings (SSSR count). The zero-order chi connectivity index (χ0) is 10.7. The summed E-state index contributed by atoms with van der Waals surface area (Å²) in [6.07, 6.45) is 1.04. The van der Waals surface area contributed by atoms with Gasteiger partial charge in [-0.2, -0.15) is 0 Å². The predicted octanol–water partition coefficient (Wildman–Crippen LogP) is 0.102. The lowest BCUT2D eigenvalue weighted by Gasteiger charge is -2.05. The van der Waals surface area contributed by atoms with E-state index < -0.39 is 19.7 Å². The van der Waals surface area contributed by atoms with Crippen LogP contribution in [0, 0.1) is 5.92 Å². The molecule has 0 bridgehead atoms. The third-order valence-electron chi connectivity index (χ3n) is 1.35. The Balaban J connectivity index is 4.22. The van der Waals surface area contributed by atoms with Crippen LogP contribution in [0.2, 0.25) is 0 Å². The quantitative estimate of drug-likeness (QED) is 0.669. The molecule has 0 aromatic rings. The summed E-state index contributed by atoms with van der Waals surface area (Å²) in [5, 5.41) is 0. The number of hydrogen-bond donors (Lipinski definition) is 0. The van der Waals surface area contributed by atoms with E-state index in [0.29, 0.717) is 0 Å². The first kappa shape index (κ1) is 12.9. The predicted molar refractivity (Wildman–Crippen MR) is 53.2 cm³/mol. The Morgan fingerprint density at radius 3 is 1.77 bits per heavy atom. The lowest BCUT2D eigenvalue weighted by Crippen LogP contribution is -2.21. The summed E-state index contributed by atoms with van der Waals surface area (Å²) >= 11 is 0. The van der Waals surface area contributed by atoms with Gasteiger partial charge in [-0.25, -0.2) is 16.8 Å². The second-order valence-electron chi connectivity index (χ2n) is 3.64. The van der Waals surface area contributed by atoms with Gasteiger partial charge in [-0.15, -0.1) is 0 Å². The summed E-state index contributed by atoms with van der Waals surface area (Å²) in [6.45, 7) is 3.58. The van der Waals surface area contributed by atoms with Crippen LogP contribution in [0.1, 0.15) is 13.8 Å². The summed E-state index contributed by atoms with van der Waals surface area (Å²) < 4.78 is 43.8. The van der Waals surface area contributed by atoms with Crippen molar-refractivity contribution in [2.24, 2.45) is 5.92 Å². The maximum absolute atomic E-state index is 11.2. The van der Waals surface area contributed by atoms with Gasteiger partial charge in [-0.3, -0.25) is 0 Å². The molecule has 0 unspecified atom stereocenters. The molecule has 0 spiro atoms. The largest absolute Gasteiger partial charge is 0.229 e. The van der Waals surface area contributed by atoms with Gasteiger partial charge in [0.15, 0.2) is 9.84 Å². The van der Waals surface area contributed by atoms with E-state index in [1.807, 2.05) is 0 Å². The van der Waals surface area contributed by atoms with Crippen LogP contribution < -0.4 is 0 Å². The fraction of sp³-hybridized carbons (Fsp3) is 1.00. The summed E-state index contributed by atoms with van der Waals surface area (Å²) in [5.41, 5.74) is 0. The van der Waals surface area contributed by atoms with E-state index in [-0.39, 0.29) is 23.2 Å². The van der Waals surface area contributed by atoms with E-state index >= 15 is 0 Å². The summed E-state index contributed by atoms with van der Waals surface area (Å²) in [6, 6.07) is 0. The second kappa shape index (κ2) is 4.41. The molecule has 0 fully saturated rings. The minimum atomic E-state index is -3.19. The molecule has 0 aliphatic heterocycles. The second-order valence-corrected chi connectivity index (χ2v) is 8.13. The van der Waals surface area contributed by atoms with E-state index in [1.54, 1.807) is 13.8 Å². The van der Waals surface area contributed by atoms with Gasteiger partial charge in [0, 0.05) is 6.26 Å². The van der Waals surface area contributed by atoms with Crippen LogP contribution in [0.4, 0.5) is 0 Å². The highest BCUT2D eigenvalue weighted by Gasteiger charge is 2.15. The minimum absolute atomic E-state index is 0.0459. The number of sulfone groups is 2. The first-order valence-corrected chi connectivity index (χ1v) is 7.89. The van der Waals surface area contributed by atoms with E-state index in [2.05, 4.69) is 0 Å². The molecule has 0 atom stereocenters. The topological polar surface area (TPSA) is 68.3 Å². The van der Waals surface area contributed by atoms with E-state index in [9.17, 15) is 16.8 Å². The van der Waals surface area contributed by atoms with Gasteiger partial charge in [0.2, 0.25) is 0 Å². The Labute approximate surface area is 80.2 Å². The van der Waals surface area contributed by atoms with E-state index in [1.165, 1.54) is 0 Å². The molecule has 13 heavy (non-hydrogen) atoms. The fourth-order valence-corrected chi connectivity index (χ4v) is 4.28. The Bertz CT molecular complexity index is 337. The van der Waals surface area contributed by atoms with Crippen LogP contribution in [-0.2, 0) is 19.7 Å². The Kier molecular flexibility index (Phi) is 4.38. The molecule has 0 heterocycles. The van der Waals surface area contributed by atoms with Gasteiger partial charge in [-0.1, -0.05) is 13.8 Å². The van der Waals surface area contributed by atoms with Crippen molar-refractivity contribution in [3.63, 3.8) is 0 Å². The molecule has 4 nitrogen and oxygen atoms in total. The van der Waals surface area contributed by atoms with Gasteiger partial charge in [0.25, 0.3) is 0 Å². The zero-order valence-electron chi connectivity index (χ0n) is 8.15. The maximum atomic E-state index is 11.2. The molecular weight excluding hydrogens is 212 g/mol. The van der Waals surface area contributed by atoms with Crippen molar-refractivity contribution in [2.75, 3.05) is 23.5 Å². The van der Waals surface area contributed by atoms with Crippen molar-refractivity contribution >= 4 is 19.7 Å². The summed E-state index contributed by atoms with van der Waals surface area (Å²) in [4.78, 5) is 0. The van der Waals surface area contributed by atoms with Gasteiger partial charge in [-0.05, 0) is 5.92 Å². The van der Waals surface area contributed by atoms with Crippen LogP contribution >= 0.6 is 0 Å². The lowest BCUT2D eigenvalue weighted by molar-refractivity contribution is 0.579. The SMILES string of the molecule is CC(C)CS(=O)(=O)CCS(C)(=O)=O. The standard InChI is InChI=1S/C7H16O4S2/c1-7(2)6-13(10,11)5-4-12(3,8)9/h7H,4-6H2,1-3H3. The summed E-state index contributed by atoms with van der Waals surface area (Å²) in [5.74, 6) is -0.432. The molecule has 0 radical (unpaired) electrons. The Hall–Kier alpha value is -0.100. The smallest absolute Gasteiger partial charge is 0.151 e.